The van der Waals surface area contributed by atoms with E-state index < -0.39 is 5.97 Å². The maximum atomic E-state index is 11.2. The number of anilines is 1. The fourth-order valence-corrected chi connectivity index (χ4v) is 4.43. The summed E-state index contributed by atoms with van der Waals surface area (Å²) in [6.45, 7) is 8.31. The zero-order valence-corrected chi connectivity index (χ0v) is 19.4. The van der Waals surface area contributed by atoms with Crippen molar-refractivity contribution in [2.45, 2.75) is 45.6 Å². The summed E-state index contributed by atoms with van der Waals surface area (Å²) >= 11 is 12.6. The molecule has 1 saturated heterocycles. The van der Waals surface area contributed by atoms with Gasteiger partial charge in [0.2, 0.25) is 0 Å². The van der Waals surface area contributed by atoms with Crippen LogP contribution in [0, 0.1) is 5.92 Å². The van der Waals surface area contributed by atoms with Crippen molar-refractivity contribution in [1.82, 2.24) is 14.5 Å². The normalized spacial score (nSPS) is 16.9. The fourth-order valence-electron chi connectivity index (χ4n) is 4.05. The standard InChI is InChI=1S/C23H26Cl2N4O2/c1-23(2,3)22-26-20(28-9-7-14(12-28)11-18(30)31)16-8-10-29(21(16)27-22)13-15-5-4-6-17(24)19(15)25/h4-6,8,10,14H,7,9,11-13H2,1-3H3,(H,30,31). The molecule has 1 aromatic carbocycles. The van der Waals surface area contributed by atoms with Crippen molar-refractivity contribution in [3.05, 3.63) is 51.9 Å². The quantitative estimate of drug-likeness (QED) is 0.552. The Hall–Kier alpha value is -2.31. The van der Waals surface area contributed by atoms with Gasteiger partial charge in [-0.25, -0.2) is 9.97 Å². The van der Waals surface area contributed by atoms with Crippen LogP contribution in [-0.4, -0.2) is 38.7 Å². The number of hydrogen-bond donors (Lipinski definition) is 1. The zero-order valence-electron chi connectivity index (χ0n) is 17.9. The molecule has 0 radical (unpaired) electrons. The second-order valence-corrected chi connectivity index (χ2v) is 10.00. The molecule has 164 valence electrons. The number of benzene rings is 1. The lowest BCUT2D eigenvalue weighted by molar-refractivity contribution is -0.137. The summed E-state index contributed by atoms with van der Waals surface area (Å²) < 4.78 is 2.07. The Morgan fingerprint density at radius 2 is 2.00 bits per heavy atom. The van der Waals surface area contributed by atoms with Crippen molar-refractivity contribution in [2.75, 3.05) is 18.0 Å². The number of nitrogens with zero attached hydrogens (tertiary/aromatic N) is 4. The molecule has 3 heterocycles. The van der Waals surface area contributed by atoms with Gasteiger partial charge in [-0.15, -0.1) is 0 Å². The van der Waals surface area contributed by atoms with Crippen molar-refractivity contribution in [3.8, 4) is 0 Å². The van der Waals surface area contributed by atoms with Gasteiger partial charge in [0.05, 0.1) is 22.0 Å². The van der Waals surface area contributed by atoms with Gasteiger partial charge in [-0.1, -0.05) is 56.1 Å². The first-order valence-electron chi connectivity index (χ1n) is 10.4. The molecule has 1 aliphatic rings. The van der Waals surface area contributed by atoms with E-state index >= 15 is 0 Å². The zero-order chi connectivity index (χ0) is 22.3. The van der Waals surface area contributed by atoms with Gasteiger partial charge in [0.1, 0.15) is 17.3 Å². The number of rotatable bonds is 5. The molecule has 4 rings (SSSR count). The molecule has 1 atom stereocenters. The number of fused-ring (bicyclic) bond motifs is 1. The molecule has 3 aromatic rings. The summed E-state index contributed by atoms with van der Waals surface area (Å²) in [5.74, 6) is 1.01. The Balaban J connectivity index is 1.77. The van der Waals surface area contributed by atoms with E-state index in [2.05, 4.69) is 30.2 Å². The van der Waals surface area contributed by atoms with Crippen LogP contribution in [0.25, 0.3) is 11.0 Å². The van der Waals surface area contributed by atoms with Crippen LogP contribution in [0.2, 0.25) is 10.0 Å². The number of carboxylic acids is 1. The Kier molecular flexibility index (Phi) is 5.88. The fraction of sp³-hybridized carbons (Fsp3) is 0.435. The van der Waals surface area contributed by atoms with Gasteiger partial charge in [-0.2, -0.15) is 0 Å². The molecule has 1 fully saturated rings. The van der Waals surface area contributed by atoms with Gasteiger partial charge in [-0.05, 0) is 30.0 Å². The highest BCUT2D eigenvalue weighted by Crippen LogP contribution is 2.34. The van der Waals surface area contributed by atoms with Crippen molar-refractivity contribution in [3.63, 3.8) is 0 Å². The lowest BCUT2D eigenvalue weighted by Gasteiger charge is -2.23. The molecule has 1 unspecified atom stereocenters. The molecule has 0 spiro atoms. The third-order valence-electron chi connectivity index (χ3n) is 5.69. The van der Waals surface area contributed by atoms with Crippen molar-refractivity contribution in [2.24, 2.45) is 5.92 Å². The highest BCUT2D eigenvalue weighted by atomic mass is 35.5. The average Bonchev–Trinajstić information content (AvgIpc) is 3.31. The summed E-state index contributed by atoms with van der Waals surface area (Å²) in [4.78, 5) is 23.2. The highest BCUT2D eigenvalue weighted by molar-refractivity contribution is 6.42. The van der Waals surface area contributed by atoms with Crippen LogP contribution in [0.15, 0.2) is 30.5 Å². The first-order valence-corrected chi connectivity index (χ1v) is 11.2. The summed E-state index contributed by atoms with van der Waals surface area (Å²) in [7, 11) is 0. The van der Waals surface area contributed by atoms with E-state index in [1.165, 1.54) is 0 Å². The van der Waals surface area contributed by atoms with Gasteiger partial charge in [0, 0.05) is 31.1 Å². The predicted molar refractivity (Wildman–Crippen MR) is 124 cm³/mol. The number of hydrogen-bond acceptors (Lipinski definition) is 4. The smallest absolute Gasteiger partial charge is 0.303 e. The molecule has 0 aliphatic carbocycles. The minimum Gasteiger partial charge on any atom is -0.481 e. The Morgan fingerprint density at radius 1 is 1.23 bits per heavy atom. The first-order chi connectivity index (χ1) is 14.6. The highest BCUT2D eigenvalue weighted by Gasteiger charge is 2.29. The number of halogens is 2. The van der Waals surface area contributed by atoms with Crippen LogP contribution in [-0.2, 0) is 16.8 Å². The van der Waals surface area contributed by atoms with E-state index in [0.29, 0.717) is 23.1 Å². The Labute approximate surface area is 191 Å². The second-order valence-electron chi connectivity index (χ2n) is 9.21. The number of carbonyl (C=O) groups is 1. The van der Waals surface area contributed by atoms with Crippen molar-refractivity contribution < 1.29 is 9.90 Å². The van der Waals surface area contributed by atoms with Gasteiger partial charge in [-0.3, -0.25) is 4.79 Å². The minimum atomic E-state index is -0.750. The SMILES string of the molecule is CC(C)(C)c1nc(N2CCC(CC(=O)O)C2)c2ccn(Cc3cccc(Cl)c3Cl)c2n1. The lowest BCUT2D eigenvalue weighted by Crippen LogP contribution is -2.25. The summed E-state index contributed by atoms with van der Waals surface area (Å²) in [5, 5.41) is 11.2. The molecule has 31 heavy (non-hydrogen) atoms. The molecule has 0 bridgehead atoms. The summed E-state index contributed by atoms with van der Waals surface area (Å²) in [5.41, 5.74) is 1.53. The van der Waals surface area contributed by atoms with Crippen LogP contribution in [0.1, 0.15) is 45.0 Å². The van der Waals surface area contributed by atoms with Crippen molar-refractivity contribution in [1.29, 1.82) is 0 Å². The topological polar surface area (TPSA) is 71.2 Å². The van der Waals surface area contributed by atoms with E-state index in [-0.39, 0.29) is 17.8 Å². The predicted octanol–water partition coefficient (Wildman–Crippen LogP) is 5.38. The molecular weight excluding hydrogens is 435 g/mol. The number of carboxylic acid groups (broad SMARTS) is 1. The van der Waals surface area contributed by atoms with Crippen LogP contribution in [0.4, 0.5) is 5.82 Å². The van der Waals surface area contributed by atoms with E-state index in [1.54, 1.807) is 6.07 Å². The third-order valence-corrected chi connectivity index (χ3v) is 6.55. The average molecular weight is 461 g/mol. The Morgan fingerprint density at radius 3 is 2.71 bits per heavy atom. The number of aromatic nitrogens is 3. The minimum absolute atomic E-state index is 0.132. The maximum absolute atomic E-state index is 11.2. The monoisotopic (exact) mass is 460 g/mol. The van der Waals surface area contributed by atoms with E-state index in [0.717, 1.165) is 41.2 Å². The van der Waals surface area contributed by atoms with Crippen molar-refractivity contribution >= 4 is 46.0 Å². The molecule has 8 heteroatoms. The van der Waals surface area contributed by atoms with Crippen LogP contribution < -0.4 is 4.90 Å². The van der Waals surface area contributed by atoms with E-state index in [9.17, 15) is 9.90 Å². The molecule has 6 nitrogen and oxygen atoms in total. The maximum Gasteiger partial charge on any atom is 0.303 e. The Bertz CT molecular complexity index is 1140. The lowest BCUT2D eigenvalue weighted by atomic mass is 9.95. The van der Waals surface area contributed by atoms with Crippen LogP contribution in [0.5, 0.6) is 0 Å². The van der Waals surface area contributed by atoms with Gasteiger partial charge >= 0.3 is 5.97 Å². The van der Waals surface area contributed by atoms with Gasteiger partial charge in [0.15, 0.2) is 0 Å². The molecule has 1 aliphatic heterocycles. The first kappa shape index (κ1) is 21.9. The summed E-state index contributed by atoms with van der Waals surface area (Å²) in [6, 6.07) is 7.66. The van der Waals surface area contributed by atoms with E-state index in [4.69, 9.17) is 33.2 Å². The number of aliphatic carboxylic acids is 1. The molecule has 0 saturated carbocycles. The largest absolute Gasteiger partial charge is 0.481 e. The van der Waals surface area contributed by atoms with Gasteiger partial charge < -0.3 is 14.6 Å². The summed E-state index contributed by atoms with van der Waals surface area (Å²) in [6.07, 6.45) is 3.03. The molecule has 1 N–H and O–H groups in total. The third kappa shape index (κ3) is 4.51. The van der Waals surface area contributed by atoms with Crippen LogP contribution in [0.3, 0.4) is 0 Å². The van der Waals surface area contributed by atoms with Gasteiger partial charge in [0.25, 0.3) is 0 Å². The van der Waals surface area contributed by atoms with Crippen LogP contribution >= 0.6 is 23.2 Å². The van der Waals surface area contributed by atoms with E-state index in [1.807, 2.05) is 24.4 Å². The second kappa shape index (κ2) is 8.32. The molecule has 0 amide bonds. The molecular formula is C23H26Cl2N4O2. The molecule has 2 aromatic heterocycles.